The van der Waals surface area contributed by atoms with Crippen LogP contribution in [0, 0.1) is 34.0 Å². The SMILES string of the molecule is CO[C@@H]1C=C[C@@H](C)[C@](C)(c2ccccc2)C1(C#N)C#N. The molecule has 1 aliphatic rings. The van der Waals surface area contributed by atoms with Crippen molar-refractivity contribution in [3.63, 3.8) is 0 Å². The molecule has 0 N–H and O–H groups in total. The van der Waals surface area contributed by atoms with E-state index in [0.29, 0.717) is 0 Å². The average molecular weight is 266 g/mol. The van der Waals surface area contributed by atoms with Gasteiger partial charge in [-0.15, -0.1) is 0 Å². The van der Waals surface area contributed by atoms with Gasteiger partial charge in [0.25, 0.3) is 0 Å². The maximum Gasteiger partial charge on any atom is 0.182 e. The van der Waals surface area contributed by atoms with Crippen LogP contribution < -0.4 is 0 Å². The molecular weight excluding hydrogens is 248 g/mol. The third kappa shape index (κ3) is 1.68. The molecule has 3 atom stereocenters. The van der Waals surface area contributed by atoms with E-state index in [1.165, 1.54) is 0 Å². The van der Waals surface area contributed by atoms with E-state index in [1.54, 1.807) is 7.11 Å². The molecule has 0 saturated carbocycles. The summed E-state index contributed by atoms with van der Waals surface area (Å²) in [4.78, 5) is 0. The Morgan fingerprint density at radius 1 is 1.10 bits per heavy atom. The third-order valence-electron chi connectivity index (χ3n) is 4.71. The Morgan fingerprint density at radius 2 is 1.70 bits per heavy atom. The van der Waals surface area contributed by atoms with Gasteiger partial charge in [0.15, 0.2) is 5.41 Å². The monoisotopic (exact) mass is 266 g/mol. The van der Waals surface area contributed by atoms with Gasteiger partial charge in [0, 0.05) is 12.5 Å². The summed E-state index contributed by atoms with van der Waals surface area (Å²) in [5.74, 6) is 0.0654. The van der Waals surface area contributed by atoms with Gasteiger partial charge < -0.3 is 4.74 Å². The van der Waals surface area contributed by atoms with Crippen molar-refractivity contribution in [3.05, 3.63) is 48.0 Å². The third-order valence-corrected chi connectivity index (χ3v) is 4.71. The van der Waals surface area contributed by atoms with Gasteiger partial charge in [-0.2, -0.15) is 10.5 Å². The van der Waals surface area contributed by atoms with Crippen LogP contribution >= 0.6 is 0 Å². The molecule has 0 bridgehead atoms. The van der Waals surface area contributed by atoms with Crippen molar-refractivity contribution < 1.29 is 4.74 Å². The molecule has 20 heavy (non-hydrogen) atoms. The summed E-state index contributed by atoms with van der Waals surface area (Å²) in [6.45, 7) is 4.02. The molecule has 2 rings (SSSR count). The summed E-state index contributed by atoms with van der Waals surface area (Å²) in [5, 5.41) is 19.5. The Balaban J connectivity index is 2.74. The van der Waals surface area contributed by atoms with E-state index in [1.807, 2.05) is 56.3 Å². The lowest BCUT2D eigenvalue weighted by molar-refractivity contribution is 0.0184. The van der Waals surface area contributed by atoms with E-state index in [2.05, 4.69) is 12.1 Å². The van der Waals surface area contributed by atoms with Crippen LogP contribution in [0.4, 0.5) is 0 Å². The van der Waals surface area contributed by atoms with E-state index in [9.17, 15) is 10.5 Å². The fourth-order valence-corrected chi connectivity index (χ4v) is 3.17. The largest absolute Gasteiger partial charge is 0.375 e. The van der Waals surface area contributed by atoms with E-state index >= 15 is 0 Å². The topological polar surface area (TPSA) is 56.8 Å². The summed E-state index contributed by atoms with van der Waals surface area (Å²) in [5.41, 5.74) is -0.869. The van der Waals surface area contributed by atoms with Gasteiger partial charge in [-0.25, -0.2) is 0 Å². The van der Waals surface area contributed by atoms with Crippen molar-refractivity contribution in [2.45, 2.75) is 25.4 Å². The van der Waals surface area contributed by atoms with Crippen LogP contribution in [-0.4, -0.2) is 13.2 Å². The number of rotatable bonds is 2. The number of nitrogens with zero attached hydrogens (tertiary/aromatic N) is 2. The Morgan fingerprint density at radius 3 is 2.20 bits per heavy atom. The Hall–Kier alpha value is -2.10. The fraction of sp³-hybridized carbons (Fsp3) is 0.412. The highest BCUT2D eigenvalue weighted by Crippen LogP contribution is 2.52. The highest BCUT2D eigenvalue weighted by atomic mass is 16.5. The molecule has 0 aliphatic heterocycles. The van der Waals surface area contributed by atoms with Crippen molar-refractivity contribution in [3.8, 4) is 12.1 Å². The molecule has 1 aromatic carbocycles. The second-order valence-electron chi connectivity index (χ2n) is 5.43. The van der Waals surface area contributed by atoms with Crippen LogP contribution in [0.5, 0.6) is 0 Å². The zero-order valence-corrected chi connectivity index (χ0v) is 12.0. The number of benzene rings is 1. The number of methoxy groups -OCH3 is 1. The Labute approximate surface area is 120 Å². The molecule has 3 nitrogen and oxygen atoms in total. The molecule has 102 valence electrons. The van der Waals surface area contributed by atoms with Gasteiger partial charge in [-0.05, 0) is 11.5 Å². The van der Waals surface area contributed by atoms with Crippen LogP contribution in [0.3, 0.4) is 0 Å². The molecule has 3 heteroatoms. The molecule has 0 amide bonds. The first-order chi connectivity index (χ1) is 9.56. The van der Waals surface area contributed by atoms with Crippen molar-refractivity contribution in [2.75, 3.05) is 7.11 Å². The molecule has 0 aromatic heterocycles. The van der Waals surface area contributed by atoms with E-state index in [-0.39, 0.29) is 5.92 Å². The first kappa shape index (κ1) is 14.3. The summed E-state index contributed by atoms with van der Waals surface area (Å²) in [6.07, 6.45) is 3.34. The molecule has 0 radical (unpaired) electrons. The standard InChI is InChI=1S/C17H18N2O/c1-13-9-10-15(20-3)17(11-18,12-19)16(13,2)14-7-5-4-6-8-14/h4-10,13,15H,1-3H3/t13-,15-,16-/m1/s1. The van der Waals surface area contributed by atoms with Crippen LogP contribution in [0.1, 0.15) is 19.4 Å². The van der Waals surface area contributed by atoms with Gasteiger partial charge in [0.2, 0.25) is 0 Å². The lowest BCUT2D eigenvalue weighted by atomic mass is 9.52. The molecule has 1 aliphatic carbocycles. The highest BCUT2D eigenvalue weighted by Gasteiger charge is 2.59. The minimum atomic E-state index is -1.24. The summed E-state index contributed by atoms with van der Waals surface area (Å²) in [6, 6.07) is 14.3. The van der Waals surface area contributed by atoms with E-state index in [0.717, 1.165) is 5.56 Å². The first-order valence-electron chi connectivity index (χ1n) is 6.66. The summed E-state index contributed by atoms with van der Waals surface area (Å²) < 4.78 is 5.42. The quantitative estimate of drug-likeness (QED) is 0.772. The van der Waals surface area contributed by atoms with Crippen LogP contribution in [0.2, 0.25) is 0 Å². The normalized spacial score (nSPS) is 31.2. The highest BCUT2D eigenvalue weighted by molar-refractivity contribution is 5.43. The summed E-state index contributed by atoms with van der Waals surface area (Å²) in [7, 11) is 1.54. The van der Waals surface area contributed by atoms with Gasteiger partial charge in [-0.3, -0.25) is 0 Å². The van der Waals surface area contributed by atoms with Crippen molar-refractivity contribution in [1.82, 2.24) is 0 Å². The van der Waals surface area contributed by atoms with Gasteiger partial charge >= 0.3 is 0 Å². The molecule has 0 spiro atoms. The smallest absolute Gasteiger partial charge is 0.182 e. The molecule has 0 fully saturated rings. The molecule has 0 saturated heterocycles. The predicted octanol–water partition coefficient (Wildman–Crippen LogP) is 3.20. The van der Waals surface area contributed by atoms with Crippen LogP contribution in [-0.2, 0) is 10.2 Å². The number of hydrogen-bond donors (Lipinski definition) is 0. The Bertz CT molecular complexity index is 580. The summed E-state index contributed by atoms with van der Waals surface area (Å²) >= 11 is 0. The number of allylic oxidation sites excluding steroid dienone is 1. The van der Waals surface area contributed by atoms with Crippen LogP contribution in [0.15, 0.2) is 42.5 Å². The maximum absolute atomic E-state index is 9.77. The van der Waals surface area contributed by atoms with Gasteiger partial charge in [0.1, 0.15) is 6.10 Å². The molecule has 0 heterocycles. The lowest BCUT2D eigenvalue weighted by Gasteiger charge is -2.48. The molecule has 1 aromatic rings. The number of ether oxygens (including phenoxy) is 1. The van der Waals surface area contributed by atoms with E-state index in [4.69, 9.17) is 4.74 Å². The fourth-order valence-electron chi connectivity index (χ4n) is 3.17. The van der Waals surface area contributed by atoms with Crippen LogP contribution in [0.25, 0.3) is 0 Å². The van der Waals surface area contributed by atoms with Gasteiger partial charge in [0.05, 0.1) is 12.1 Å². The number of hydrogen-bond acceptors (Lipinski definition) is 3. The molecule has 0 unspecified atom stereocenters. The first-order valence-corrected chi connectivity index (χ1v) is 6.66. The Kier molecular flexibility index (Phi) is 3.66. The number of nitriles is 2. The minimum absolute atomic E-state index is 0.0654. The predicted molar refractivity (Wildman–Crippen MR) is 76.6 cm³/mol. The zero-order valence-electron chi connectivity index (χ0n) is 12.0. The minimum Gasteiger partial charge on any atom is -0.375 e. The zero-order chi connectivity index (χ0) is 14.8. The maximum atomic E-state index is 9.77. The van der Waals surface area contributed by atoms with Crippen molar-refractivity contribution in [1.29, 1.82) is 10.5 Å². The second-order valence-corrected chi connectivity index (χ2v) is 5.43. The lowest BCUT2D eigenvalue weighted by Crippen LogP contribution is -2.55. The average Bonchev–Trinajstić information content (AvgIpc) is 2.51. The van der Waals surface area contributed by atoms with E-state index < -0.39 is 16.9 Å². The molecular formula is C17H18N2O. The van der Waals surface area contributed by atoms with Gasteiger partial charge in [-0.1, -0.05) is 56.3 Å². The van der Waals surface area contributed by atoms with Crippen molar-refractivity contribution in [2.24, 2.45) is 11.3 Å². The second kappa shape index (κ2) is 5.12. The van der Waals surface area contributed by atoms with Crippen molar-refractivity contribution >= 4 is 0 Å².